The number of pyridine rings is 1. The van der Waals surface area contributed by atoms with Crippen LogP contribution in [0.15, 0.2) is 47.8 Å². The van der Waals surface area contributed by atoms with E-state index >= 15 is 4.39 Å². The maximum atomic E-state index is 16.6. The van der Waals surface area contributed by atoms with Gasteiger partial charge in [-0.25, -0.2) is 24.1 Å². The molecule has 5 aromatic rings. The molecule has 1 aliphatic carbocycles. The van der Waals surface area contributed by atoms with Gasteiger partial charge in [-0.15, -0.1) is 0 Å². The van der Waals surface area contributed by atoms with Crippen molar-refractivity contribution < 1.29 is 26.4 Å². The molecule has 0 unspecified atom stereocenters. The Balaban J connectivity index is 1.47. The summed E-state index contributed by atoms with van der Waals surface area (Å²) in [6.45, 7) is 0.269. The van der Waals surface area contributed by atoms with E-state index in [1.807, 2.05) is 0 Å². The van der Waals surface area contributed by atoms with Crippen molar-refractivity contribution in [3.05, 3.63) is 76.2 Å². The predicted octanol–water partition coefficient (Wildman–Crippen LogP) is 5.73. The maximum Gasteiger partial charge on any atom is 0.434 e. The summed E-state index contributed by atoms with van der Waals surface area (Å²) in [5, 5.41) is 0. The van der Waals surface area contributed by atoms with Crippen LogP contribution in [0.4, 0.5) is 17.6 Å². The molecule has 0 aliphatic heterocycles. The number of imidazole rings is 2. The third-order valence-electron chi connectivity index (χ3n) is 7.28. The molecule has 4 heterocycles. The van der Waals surface area contributed by atoms with Crippen molar-refractivity contribution in [3.8, 4) is 28.5 Å². The third-order valence-corrected chi connectivity index (χ3v) is 7.28. The first kappa shape index (κ1) is 24.1. The Morgan fingerprint density at radius 1 is 1.14 bits per heavy atom. The Bertz CT molecular complexity index is 1980. The van der Waals surface area contributed by atoms with E-state index in [4.69, 9.17) is 8.85 Å². The van der Waals surface area contributed by atoms with Crippen molar-refractivity contribution in [3.63, 3.8) is 0 Å². The lowest BCUT2D eigenvalue weighted by Gasteiger charge is -2.13. The summed E-state index contributed by atoms with van der Waals surface area (Å²) in [5.74, 6) is -0.698. The minimum absolute atomic E-state index is 0.0555. The van der Waals surface area contributed by atoms with Crippen molar-refractivity contribution in [2.24, 2.45) is 6.98 Å². The Morgan fingerprint density at radius 2 is 1.88 bits per heavy atom. The molecule has 4 aromatic heterocycles. The van der Waals surface area contributed by atoms with Crippen LogP contribution in [-0.4, -0.2) is 40.7 Å². The zero-order valence-electron chi connectivity index (χ0n) is 25.8. The second-order valence-electron chi connectivity index (χ2n) is 10.4. The first-order valence-electron chi connectivity index (χ1n) is 14.7. The SMILES string of the molecule is [2H]C([2H])([2H])n1c(=O)n(Cc2ccc(-c3nc(C(F)(F)F)cn3C(C)C)cc2)c2c(F)c(-c3c(OC)ncnc3C3CC3)ncc21. The summed E-state index contributed by atoms with van der Waals surface area (Å²) in [7, 11) is 1.38. The molecule has 218 valence electrons. The zero-order valence-corrected chi connectivity index (χ0v) is 22.8. The molecule has 0 spiro atoms. The molecule has 0 radical (unpaired) electrons. The number of methoxy groups -OCH3 is 1. The smallest absolute Gasteiger partial charge is 0.434 e. The van der Waals surface area contributed by atoms with E-state index in [1.165, 1.54) is 18.0 Å². The molecule has 0 N–H and O–H groups in total. The molecule has 42 heavy (non-hydrogen) atoms. The van der Waals surface area contributed by atoms with Gasteiger partial charge in [-0.05, 0) is 32.3 Å². The number of hydrogen-bond acceptors (Lipinski definition) is 6. The summed E-state index contributed by atoms with van der Waals surface area (Å²) in [5.41, 5.74) is -1.10. The van der Waals surface area contributed by atoms with Crippen LogP contribution >= 0.6 is 0 Å². The number of rotatable bonds is 7. The van der Waals surface area contributed by atoms with E-state index in [2.05, 4.69) is 19.9 Å². The Labute approximate surface area is 241 Å². The molecular weight excluding hydrogens is 554 g/mol. The largest absolute Gasteiger partial charge is 0.480 e. The van der Waals surface area contributed by atoms with E-state index in [1.54, 1.807) is 38.1 Å². The van der Waals surface area contributed by atoms with Crippen LogP contribution in [0.1, 0.15) is 59.7 Å². The Hall–Kier alpha value is -4.55. The van der Waals surface area contributed by atoms with Gasteiger partial charge in [-0.1, -0.05) is 24.3 Å². The Morgan fingerprint density at radius 3 is 2.50 bits per heavy atom. The highest BCUT2D eigenvalue weighted by Gasteiger charge is 2.35. The van der Waals surface area contributed by atoms with Crippen molar-refractivity contribution in [1.82, 2.24) is 33.6 Å². The normalized spacial score (nSPS) is 15.2. The topological polar surface area (TPSA) is 92.7 Å². The van der Waals surface area contributed by atoms with Gasteiger partial charge < -0.3 is 9.30 Å². The molecule has 6 rings (SSSR count). The second-order valence-corrected chi connectivity index (χ2v) is 10.4. The molecule has 0 amide bonds. The summed E-state index contributed by atoms with van der Waals surface area (Å²) in [4.78, 5) is 30.0. The highest BCUT2D eigenvalue weighted by atomic mass is 19.4. The van der Waals surface area contributed by atoms with Gasteiger partial charge in [0.05, 0.1) is 36.6 Å². The van der Waals surface area contributed by atoms with E-state index in [-0.39, 0.29) is 52.5 Å². The molecular formula is C29H27F4N7O2. The van der Waals surface area contributed by atoms with Gasteiger partial charge in [0.15, 0.2) is 11.5 Å². The van der Waals surface area contributed by atoms with Crippen LogP contribution in [0.25, 0.3) is 33.7 Å². The highest BCUT2D eigenvalue weighted by molar-refractivity contribution is 5.83. The summed E-state index contributed by atoms with van der Waals surface area (Å²) in [6, 6.07) is 5.90. The van der Waals surface area contributed by atoms with Crippen molar-refractivity contribution in [2.45, 2.75) is 51.4 Å². The van der Waals surface area contributed by atoms with Gasteiger partial charge in [-0.3, -0.25) is 14.1 Å². The minimum Gasteiger partial charge on any atom is -0.480 e. The number of aryl methyl sites for hydroxylation is 1. The van der Waals surface area contributed by atoms with Crippen molar-refractivity contribution >= 4 is 11.0 Å². The van der Waals surface area contributed by atoms with Crippen LogP contribution in [0.2, 0.25) is 0 Å². The van der Waals surface area contributed by atoms with E-state index in [0.29, 0.717) is 21.4 Å². The first-order chi connectivity index (χ1) is 21.2. The van der Waals surface area contributed by atoms with Gasteiger partial charge >= 0.3 is 11.9 Å². The Kier molecular flexibility index (Phi) is 5.77. The predicted molar refractivity (Wildman–Crippen MR) is 147 cm³/mol. The van der Waals surface area contributed by atoms with Crippen LogP contribution in [0.5, 0.6) is 5.88 Å². The number of aromatic nitrogens is 7. The second kappa shape index (κ2) is 10.1. The van der Waals surface area contributed by atoms with E-state index in [9.17, 15) is 18.0 Å². The quantitative estimate of drug-likeness (QED) is 0.227. The van der Waals surface area contributed by atoms with Gasteiger partial charge in [0, 0.05) is 34.8 Å². The molecule has 0 bridgehead atoms. The monoisotopic (exact) mass is 584 g/mol. The van der Waals surface area contributed by atoms with Crippen LogP contribution in [0, 0.1) is 5.82 Å². The zero-order chi connectivity index (χ0) is 32.4. The number of hydrogen-bond donors (Lipinski definition) is 0. The standard InChI is InChI=1S/C29H27F4N7O2/c1-15(2)39-13-20(29(31,32)33)37-26(39)18-7-5-16(6-8-18)12-40-25-19(38(3)28(40)41)11-34-24(22(25)30)21-23(17-9-10-17)35-14-36-27(21)42-4/h5-8,11,13-15,17H,9-10,12H2,1-4H3/i3D3. The number of alkyl halides is 3. The van der Waals surface area contributed by atoms with E-state index < -0.39 is 30.4 Å². The fourth-order valence-electron chi connectivity index (χ4n) is 5.03. The molecule has 0 saturated heterocycles. The number of halogens is 4. The fourth-order valence-corrected chi connectivity index (χ4v) is 5.03. The summed E-state index contributed by atoms with van der Waals surface area (Å²) >= 11 is 0. The molecule has 0 atom stereocenters. The average Bonchev–Trinajstić information content (AvgIpc) is 3.64. The number of nitrogens with zero attached hydrogens (tertiary/aromatic N) is 7. The summed E-state index contributed by atoms with van der Waals surface area (Å²) < 4.78 is 89.0. The van der Waals surface area contributed by atoms with Gasteiger partial charge in [0.25, 0.3) is 0 Å². The molecule has 1 fully saturated rings. The molecule has 1 saturated carbocycles. The molecule has 13 heteroatoms. The van der Waals surface area contributed by atoms with Gasteiger partial charge in [-0.2, -0.15) is 13.2 Å². The number of ether oxygens (including phenoxy) is 1. The minimum atomic E-state index is -4.62. The first-order valence-corrected chi connectivity index (χ1v) is 13.2. The number of fused-ring (bicyclic) bond motifs is 1. The molecule has 1 aliphatic rings. The lowest BCUT2D eigenvalue weighted by atomic mass is 10.1. The third kappa shape index (κ3) is 4.62. The summed E-state index contributed by atoms with van der Waals surface area (Å²) in [6.07, 6.45) is 0.444. The van der Waals surface area contributed by atoms with E-state index in [0.717, 1.165) is 29.8 Å². The maximum absolute atomic E-state index is 16.6. The van der Waals surface area contributed by atoms with Crippen molar-refractivity contribution in [2.75, 3.05) is 7.11 Å². The van der Waals surface area contributed by atoms with Crippen molar-refractivity contribution in [1.29, 1.82) is 0 Å². The average molecular weight is 585 g/mol. The van der Waals surface area contributed by atoms with Crippen LogP contribution < -0.4 is 10.4 Å². The van der Waals surface area contributed by atoms with Gasteiger partial charge in [0.1, 0.15) is 23.4 Å². The van der Waals surface area contributed by atoms with Crippen LogP contribution in [0.3, 0.4) is 0 Å². The van der Waals surface area contributed by atoms with Crippen LogP contribution in [-0.2, 0) is 19.7 Å². The van der Waals surface area contributed by atoms with Gasteiger partial charge in [0.2, 0.25) is 5.88 Å². The highest BCUT2D eigenvalue weighted by Crippen LogP contribution is 2.46. The molecule has 1 aromatic carbocycles. The lowest BCUT2D eigenvalue weighted by Crippen LogP contribution is -2.22. The number of benzene rings is 1. The molecule has 9 nitrogen and oxygen atoms in total. The lowest BCUT2D eigenvalue weighted by molar-refractivity contribution is -0.140. The fraction of sp³-hybridized carbons (Fsp3) is 0.345.